The van der Waals surface area contributed by atoms with Crippen LogP contribution < -0.4 is 10.7 Å². The Hall–Kier alpha value is -3.04. The largest absolute Gasteiger partial charge is 0.338 e. The third-order valence-electron chi connectivity index (χ3n) is 3.87. The van der Waals surface area contributed by atoms with E-state index in [-0.39, 0.29) is 21.7 Å². The molecule has 2 N–H and O–H groups in total. The second-order valence-corrected chi connectivity index (χ2v) is 9.14. The highest BCUT2D eigenvalue weighted by Crippen LogP contribution is 2.30. The van der Waals surface area contributed by atoms with Crippen LogP contribution in [-0.4, -0.2) is 34.8 Å². The highest BCUT2D eigenvalue weighted by atomic mass is 35.5. The number of halogens is 1. The van der Waals surface area contributed by atoms with E-state index in [2.05, 4.69) is 30.8 Å². The second-order valence-electron chi connectivity index (χ2n) is 6.26. The van der Waals surface area contributed by atoms with Gasteiger partial charge in [0.05, 0.1) is 28.2 Å². The summed E-state index contributed by atoms with van der Waals surface area (Å²) in [6, 6.07) is 10.2. The summed E-state index contributed by atoms with van der Waals surface area (Å²) in [6.07, 6.45) is 6.30. The smallest absolute Gasteiger partial charge is 0.245 e. The molecular weight excluding hydrogens is 412 g/mol. The standard InChI is InChI=1S/C19H19ClN6O2S/c1-13(2)29(27,28)17-8-4-3-7-16(17)24-18-15(20)12-22-19(25-18)26-23-11-14-6-5-9-21-10-14/h3-13H,1-2H3,(H2,22,24,25,26)/b23-11+. The molecule has 3 rings (SSSR count). The number of rotatable bonds is 7. The van der Waals surface area contributed by atoms with Crippen molar-refractivity contribution < 1.29 is 8.42 Å². The van der Waals surface area contributed by atoms with Crippen molar-refractivity contribution in [1.82, 2.24) is 15.0 Å². The van der Waals surface area contributed by atoms with Crippen LogP contribution in [0.15, 0.2) is 65.0 Å². The number of aromatic nitrogens is 3. The molecule has 3 aromatic rings. The Morgan fingerprint density at radius 2 is 1.93 bits per heavy atom. The lowest BCUT2D eigenvalue weighted by atomic mass is 10.3. The van der Waals surface area contributed by atoms with Gasteiger partial charge in [-0.2, -0.15) is 10.1 Å². The lowest BCUT2D eigenvalue weighted by Crippen LogP contribution is -2.15. The molecule has 0 unspecified atom stereocenters. The summed E-state index contributed by atoms with van der Waals surface area (Å²) >= 11 is 6.19. The van der Waals surface area contributed by atoms with Crippen molar-refractivity contribution in [2.45, 2.75) is 24.0 Å². The molecule has 0 saturated carbocycles. The molecule has 0 aliphatic rings. The van der Waals surface area contributed by atoms with E-state index >= 15 is 0 Å². The fourth-order valence-electron chi connectivity index (χ4n) is 2.33. The van der Waals surface area contributed by atoms with Gasteiger partial charge in [0.25, 0.3) is 0 Å². The van der Waals surface area contributed by atoms with Crippen LogP contribution in [0.25, 0.3) is 0 Å². The molecule has 0 spiro atoms. The van der Waals surface area contributed by atoms with E-state index in [0.717, 1.165) is 5.56 Å². The summed E-state index contributed by atoms with van der Waals surface area (Å²) < 4.78 is 25.3. The number of nitrogens with one attached hydrogen (secondary N) is 2. The highest BCUT2D eigenvalue weighted by Gasteiger charge is 2.23. The van der Waals surface area contributed by atoms with Crippen LogP contribution in [0.4, 0.5) is 17.5 Å². The minimum atomic E-state index is -3.49. The van der Waals surface area contributed by atoms with Crippen molar-refractivity contribution in [3.8, 4) is 0 Å². The van der Waals surface area contributed by atoms with Crippen LogP contribution in [0.3, 0.4) is 0 Å². The van der Waals surface area contributed by atoms with E-state index in [9.17, 15) is 8.42 Å². The normalized spacial score (nSPS) is 11.7. The molecular formula is C19H19ClN6O2S. The molecule has 0 aliphatic carbocycles. The van der Waals surface area contributed by atoms with Gasteiger partial charge in [-0.25, -0.2) is 18.8 Å². The van der Waals surface area contributed by atoms with Gasteiger partial charge < -0.3 is 5.32 Å². The van der Waals surface area contributed by atoms with Gasteiger partial charge in [-0.15, -0.1) is 0 Å². The van der Waals surface area contributed by atoms with Gasteiger partial charge in [0.2, 0.25) is 5.95 Å². The van der Waals surface area contributed by atoms with Crippen molar-refractivity contribution in [2.24, 2.45) is 5.10 Å². The molecule has 0 saturated heterocycles. The predicted octanol–water partition coefficient (Wildman–Crippen LogP) is 3.90. The minimum Gasteiger partial charge on any atom is -0.338 e. The Labute approximate surface area is 174 Å². The Bertz CT molecular complexity index is 1120. The molecule has 0 bridgehead atoms. The molecule has 0 amide bonds. The summed E-state index contributed by atoms with van der Waals surface area (Å²) in [7, 11) is -3.49. The molecule has 8 nitrogen and oxygen atoms in total. The molecule has 0 radical (unpaired) electrons. The van der Waals surface area contributed by atoms with Crippen LogP contribution in [0.2, 0.25) is 5.02 Å². The third-order valence-corrected chi connectivity index (χ3v) is 6.36. The first-order valence-electron chi connectivity index (χ1n) is 8.69. The fraction of sp³-hybridized carbons (Fsp3) is 0.158. The number of pyridine rings is 1. The molecule has 1 aromatic carbocycles. The molecule has 150 valence electrons. The van der Waals surface area contributed by atoms with Crippen molar-refractivity contribution >= 4 is 45.1 Å². The first-order chi connectivity index (χ1) is 13.9. The maximum atomic E-state index is 12.6. The number of sulfone groups is 1. The molecule has 0 aliphatic heterocycles. The average Bonchev–Trinajstić information content (AvgIpc) is 2.71. The summed E-state index contributed by atoms with van der Waals surface area (Å²) in [5.74, 6) is 0.452. The zero-order chi connectivity index (χ0) is 20.9. The first kappa shape index (κ1) is 20.7. The van der Waals surface area contributed by atoms with E-state index in [4.69, 9.17) is 11.6 Å². The second kappa shape index (κ2) is 8.97. The number of hydrogen-bond acceptors (Lipinski definition) is 8. The predicted molar refractivity (Wildman–Crippen MR) is 115 cm³/mol. The fourth-order valence-corrected chi connectivity index (χ4v) is 3.67. The maximum Gasteiger partial charge on any atom is 0.245 e. The van der Waals surface area contributed by atoms with Crippen molar-refractivity contribution in [2.75, 3.05) is 10.7 Å². The van der Waals surface area contributed by atoms with Gasteiger partial charge in [-0.3, -0.25) is 4.98 Å². The number of hydrazone groups is 1. The Morgan fingerprint density at radius 1 is 1.14 bits per heavy atom. The molecule has 2 aromatic heterocycles. The third kappa shape index (κ3) is 5.07. The molecule has 2 heterocycles. The van der Waals surface area contributed by atoms with Gasteiger partial charge in [-0.05, 0) is 32.0 Å². The Kier molecular flexibility index (Phi) is 6.40. The van der Waals surface area contributed by atoms with Gasteiger partial charge in [0.1, 0.15) is 5.02 Å². The summed E-state index contributed by atoms with van der Waals surface area (Å²) in [5.41, 5.74) is 3.90. The van der Waals surface area contributed by atoms with Gasteiger partial charge in [0, 0.05) is 18.0 Å². The van der Waals surface area contributed by atoms with Gasteiger partial charge in [0.15, 0.2) is 15.7 Å². The maximum absolute atomic E-state index is 12.6. The quantitative estimate of drug-likeness (QED) is 0.432. The Morgan fingerprint density at radius 3 is 2.66 bits per heavy atom. The lowest BCUT2D eigenvalue weighted by molar-refractivity contribution is 0.588. The lowest BCUT2D eigenvalue weighted by Gasteiger charge is -2.15. The van der Waals surface area contributed by atoms with E-state index in [0.29, 0.717) is 5.69 Å². The van der Waals surface area contributed by atoms with Gasteiger partial charge >= 0.3 is 0 Å². The van der Waals surface area contributed by atoms with Crippen LogP contribution >= 0.6 is 11.6 Å². The molecule has 0 fully saturated rings. The number of anilines is 3. The van der Waals surface area contributed by atoms with E-state index in [1.54, 1.807) is 62.8 Å². The minimum absolute atomic E-state index is 0.175. The van der Waals surface area contributed by atoms with Crippen molar-refractivity contribution in [3.05, 3.63) is 65.6 Å². The van der Waals surface area contributed by atoms with E-state index in [1.165, 1.54) is 6.20 Å². The van der Waals surface area contributed by atoms with Crippen molar-refractivity contribution in [3.63, 3.8) is 0 Å². The molecule has 29 heavy (non-hydrogen) atoms. The van der Waals surface area contributed by atoms with Crippen LogP contribution in [-0.2, 0) is 9.84 Å². The topological polar surface area (TPSA) is 109 Å². The number of hydrogen-bond donors (Lipinski definition) is 2. The molecule has 10 heteroatoms. The first-order valence-corrected chi connectivity index (χ1v) is 10.6. The van der Waals surface area contributed by atoms with Gasteiger partial charge in [-0.1, -0.05) is 29.8 Å². The summed E-state index contributed by atoms with van der Waals surface area (Å²) in [4.78, 5) is 12.5. The summed E-state index contributed by atoms with van der Waals surface area (Å²) in [6.45, 7) is 3.26. The van der Waals surface area contributed by atoms with Crippen LogP contribution in [0.1, 0.15) is 19.4 Å². The van der Waals surface area contributed by atoms with E-state index in [1.807, 2.05) is 6.07 Å². The number of benzene rings is 1. The zero-order valence-electron chi connectivity index (χ0n) is 15.7. The number of nitrogens with zero attached hydrogens (tertiary/aromatic N) is 4. The van der Waals surface area contributed by atoms with E-state index < -0.39 is 15.1 Å². The summed E-state index contributed by atoms with van der Waals surface area (Å²) in [5, 5.41) is 6.72. The monoisotopic (exact) mass is 430 g/mol. The zero-order valence-corrected chi connectivity index (χ0v) is 17.3. The Balaban J connectivity index is 1.84. The average molecular weight is 431 g/mol. The van der Waals surface area contributed by atoms with Crippen LogP contribution in [0, 0.1) is 0 Å². The molecule has 0 atom stereocenters. The highest BCUT2D eigenvalue weighted by molar-refractivity contribution is 7.92. The number of para-hydroxylation sites is 1. The van der Waals surface area contributed by atoms with Crippen molar-refractivity contribution in [1.29, 1.82) is 0 Å². The van der Waals surface area contributed by atoms with Crippen LogP contribution in [0.5, 0.6) is 0 Å². The SMILES string of the molecule is CC(C)S(=O)(=O)c1ccccc1Nc1nc(N/N=C/c2cccnc2)ncc1Cl.